The minimum atomic E-state index is -0.0688. The highest BCUT2D eigenvalue weighted by atomic mass is 79.9. The summed E-state index contributed by atoms with van der Waals surface area (Å²) in [5.74, 6) is -0.0688. The van der Waals surface area contributed by atoms with Crippen LogP contribution < -0.4 is 10.6 Å². The van der Waals surface area contributed by atoms with Gasteiger partial charge in [-0.25, -0.2) is 0 Å². The summed E-state index contributed by atoms with van der Waals surface area (Å²) >= 11 is 9.36. The Morgan fingerprint density at radius 2 is 1.85 bits per heavy atom. The summed E-state index contributed by atoms with van der Waals surface area (Å²) in [7, 11) is 0. The van der Waals surface area contributed by atoms with E-state index in [-0.39, 0.29) is 12.5 Å². The van der Waals surface area contributed by atoms with Crippen molar-refractivity contribution < 1.29 is 4.79 Å². The Bertz CT molecular complexity index is 590. The largest absolute Gasteiger partial charge is 0.375 e. The molecule has 0 unspecified atom stereocenters. The molecule has 2 N–H and O–H groups in total. The third-order valence-electron chi connectivity index (χ3n) is 2.72. The van der Waals surface area contributed by atoms with Crippen molar-refractivity contribution in [2.75, 3.05) is 11.9 Å². The summed E-state index contributed by atoms with van der Waals surface area (Å²) in [6.45, 7) is 0.726. The van der Waals surface area contributed by atoms with Gasteiger partial charge in [0, 0.05) is 6.54 Å². The highest BCUT2D eigenvalue weighted by molar-refractivity contribution is 9.10. The van der Waals surface area contributed by atoms with Crippen molar-refractivity contribution in [3.05, 3.63) is 63.6 Å². The normalized spacial score (nSPS) is 10.1. The first-order chi connectivity index (χ1) is 9.66. The SMILES string of the molecule is O=C(CNc1cccc(Cl)c1Br)NCc1ccccc1. The van der Waals surface area contributed by atoms with Crippen LogP contribution in [0.15, 0.2) is 53.0 Å². The lowest BCUT2D eigenvalue weighted by atomic mass is 10.2. The first-order valence-electron chi connectivity index (χ1n) is 6.15. The third kappa shape index (κ3) is 4.25. The molecular weight excluding hydrogens is 340 g/mol. The van der Waals surface area contributed by atoms with Crippen LogP contribution in [-0.4, -0.2) is 12.5 Å². The van der Waals surface area contributed by atoms with Crippen molar-refractivity contribution in [2.24, 2.45) is 0 Å². The molecule has 0 aliphatic carbocycles. The maximum atomic E-state index is 11.8. The highest BCUT2D eigenvalue weighted by Gasteiger charge is 2.05. The van der Waals surface area contributed by atoms with E-state index in [2.05, 4.69) is 26.6 Å². The summed E-state index contributed by atoms with van der Waals surface area (Å²) in [5.41, 5.74) is 1.87. The predicted octanol–water partition coefficient (Wildman–Crippen LogP) is 3.83. The van der Waals surface area contributed by atoms with Crippen molar-refractivity contribution in [2.45, 2.75) is 6.54 Å². The van der Waals surface area contributed by atoms with Crippen LogP contribution in [0.3, 0.4) is 0 Å². The zero-order chi connectivity index (χ0) is 14.4. The smallest absolute Gasteiger partial charge is 0.239 e. The van der Waals surface area contributed by atoms with E-state index >= 15 is 0 Å². The quantitative estimate of drug-likeness (QED) is 0.857. The van der Waals surface area contributed by atoms with Gasteiger partial charge in [0.25, 0.3) is 0 Å². The second-order valence-corrected chi connectivity index (χ2v) is 5.42. The molecule has 104 valence electrons. The fourth-order valence-corrected chi connectivity index (χ4v) is 2.25. The Labute approximate surface area is 131 Å². The molecule has 2 aromatic rings. The number of benzene rings is 2. The number of hydrogen-bond donors (Lipinski definition) is 2. The van der Waals surface area contributed by atoms with E-state index in [1.165, 1.54) is 0 Å². The van der Waals surface area contributed by atoms with Crippen LogP contribution in [0.4, 0.5) is 5.69 Å². The fraction of sp³-hybridized carbons (Fsp3) is 0.133. The zero-order valence-electron chi connectivity index (χ0n) is 10.7. The summed E-state index contributed by atoms with van der Waals surface area (Å²) in [6, 6.07) is 15.3. The monoisotopic (exact) mass is 352 g/mol. The maximum Gasteiger partial charge on any atom is 0.239 e. The van der Waals surface area contributed by atoms with E-state index in [1.807, 2.05) is 42.5 Å². The Hall–Kier alpha value is -1.52. The van der Waals surface area contributed by atoms with E-state index < -0.39 is 0 Å². The summed E-state index contributed by atoms with van der Waals surface area (Å²) in [6.07, 6.45) is 0. The van der Waals surface area contributed by atoms with Gasteiger partial charge < -0.3 is 10.6 Å². The van der Waals surface area contributed by atoms with Crippen LogP contribution in [0.1, 0.15) is 5.56 Å². The Morgan fingerprint density at radius 3 is 2.60 bits per heavy atom. The topological polar surface area (TPSA) is 41.1 Å². The first-order valence-corrected chi connectivity index (χ1v) is 7.32. The van der Waals surface area contributed by atoms with Gasteiger partial charge in [0.15, 0.2) is 0 Å². The second kappa shape index (κ2) is 7.31. The number of hydrogen-bond acceptors (Lipinski definition) is 2. The van der Waals surface area contributed by atoms with Gasteiger partial charge >= 0.3 is 0 Å². The van der Waals surface area contributed by atoms with Crippen LogP contribution >= 0.6 is 27.5 Å². The lowest BCUT2D eigenvalue weighted by molar-refractivity contribution is -0.119. The van der Waals surface area contributed by atoms with Gasteiger partial charge in [-0.2, -0.15) is 0 Å². The average Bonchev–Trinajstić information content (AvgIpc) is 2.48. The summed E-state index contributed by atoms with van der Waals surface area (Å²) in [4.78, 5) is 11.8. The minimum absolute atomic E-state index is 0.0688. The van der Waals surface area contributed by atoms with Gasteiger partial charge in [-0.3, -0.25) is 4.79 Å². The minimum Gasteiger partial charge on any atom is -0.375 e. The molecule has 3 nitrogen and oxygen atoms in total. The number of rotatable bonds is 5. The number of anilines is 1. The van der Waals surface area contributed by atoms with E-state index in [0.29, 0.717) is 11.6 Å². The Kier molecular flexibility index (Phi) is 5.44. The Morgan fingerprint density at radius 1 is 1.10 bits per heavy atom. The Balaban J connectivity index is 1.82. The van der Waals surface area contributed by atoms with Gasteiger partial charge in [0.2, 0.25) is 5.91 Å². The van der Waals surface area contributed by atoms with E-state index in [0.717, 1.165) is 15.7 Å². The van der Waals surface area contributed by atoms with Crippen LogP contribution in [0.25, 0.3) is 0 Å². The van der Waals surface area contributed by atoms with Crippen LogP contribution in [0, 0.1) is 0 Å². The van der Waals surface area contributed by atoms with Crippen molar-refractivity contribution in [1.82, 2.24) is 5.32 Å². The molecule has 0 atom stereocenters. The van der Waals surface area contributed by atoms with E-state index in [1.54, 1.807) is 6.07 Å². The molecule has 0 aromatic heterocycles. The molecule has 0 heterocycles. The maximum absolute atomic E-state index is 11.8. The van der Waals surface area contributed by atoms with Gasteiger partial charge in [-0.05, 0) is 33.6 Å². The molecule has 0 radical (unpaired) electrons. The molecule has 2 aromatic carbocycles. The molecule has 1 amide bonds. The molecule has 5 heteroatoms. The summed E-state index contributed by atoms with van der Waals surface area (Å²) < 4.78 is 0.762. The van der Waals surface area contributed by atoms with Crippen LogP contribution in [0.2, 0.25) is 5.02 Å². The number of nitrogens with one attached hydrogen (secondary N) is 2. The number of carbonyl (C=O) groups is 1. The fourth-order valence-electron chi connectivity index (χ4n) is 1.67. The molecular formula is C15H14BrClN2O. The number of amides is 1. The molecule has 0 aliphatic heterocycles. The number of carbonyl (C=O) groups excluding carboxylic acids is 1. The van der Waals surface area contributed by atoms with Crippen molar-refractivity contribution in [3.8, 4) is 0 Å². The average molecular weight is 354 g/mol. The first kappa shape index (κ1) is 14.9. The molecule has 0 aliphatic rings. The number of halogens is 2. The molecule has 20 heavy (non-hydrogen) atoms. The highest BCUT2D eigenvalue weighted by Crippen LogP contribution is 2.29. The van der Waals surface area contributed by atoms with E-state index in [9.17, 15) is 4.79 Å². The van der Waals surface area contributed by atoms with Gasteiger partial charge in [-0.1, -0.05) is 48.0 Å². The molecule has 0 saturated carbocycles. The zero-order valence-corrected chi connectivity index (χ0v) is 13.0. The van der Waals surface area contributed by atoms with E-state index in [4.69, 9.17) is 11.6 Å². The molecule has 0 fully saturated rings. The predicted molar refractivity (Wildman–Crippen MR) is 85.9 cm³/mol. The lowest BCUT2D eigenvalue weighted by Crippen LogP contribution is -2.29. The van der Waals surface area contributed by atoms with Crippen LogP contribution in [-0.2, 0) is 11.3 Å². The van der Waals surface area contributed by atoms with Crippen LogP contribution in [0.5, 0.6) is 0 Å². The van der Waals surface area contributed by atoms with Gasteiger partial charge in [0.1, 0.15) is 0 Å². The third-order valence-corrected chi connectivity index (χ3v) is 4.12. The molecule has 0 bridgehead atoms. The second-order valence-electron chi connectivity index (χ2n) is 4.22. The molecule has 2 rings (SSSR count). The molecule has 0 saturated heterocycles. The standard InChI is InChI=1S/C15H14BrClN2O/c16-15-12(17)7-4-8-13(15)18-10-14(20)19-9-11-5-2-1-3-6-11/h1-8,18H,9-10H2,(H,19,20). The molecule has 0 spiro atoms. The van der Waals surface area contributed by atoms with Crippen molar-refractivity contribution in [1.29, 1.82) is 0 Å². The van der Waals surface area contributed by atoms with Crippen molar-refractivity contribution >= 4 is 39.1 Å². The lowest BCUT2D eigenvalue weighted by Gasteiger charge is -2.10. The van der Waals surface area contributed by atoms with Gasteiger partial charge in [-0.15, -0.1) is 0 Å². The van der Waals surface area contributed by atoms with Crippen molar-refractivity contribution in [3.63, 3.8) is 0 Å². The summed E-state index contributed by atoms with van der Waals surface area (Å²) in [5, 5.41) is 6.51. The van der Waals surface area contributed by atoms with Gasteiger partial charge in [0.05, 0.1) is 21.7 Å².